The molecule has 0 bridgehead atoms. The summed E-state index contributed by atoms with van der Waals surface area (Å²) >= 11 is 0. The lowest BCUT2D eigenvalue weighted by molar-refractivity contribution is -0.146. The zero-order chi connectivity index (χ0) is 16.8. The van der Waals surface area contributed by atoms with Crippen LogP contribution in [0.4, 0.5) is 0 Å². The number of esters is 1. The van der Waals surface area contributed by atoms with Crippen LogP contribution in [-0.4, -0.2) is 50.0 Å². The fourth-order valence-electron chi connectivity index (χ4n) is 2.60. The van der Waals surface area contributed by atoms with Gasteiger partial charge in [-0.1, -0.05) is 0 Å². The number of primary amides is 1. The smallest absolute Gasteiger partial charge is 0.308 e. The molecule has 1 fully saturated rings. The number of methoxy groups -OCH3 is 1. The largest absolute Gasteiger partial charge is 0.469 e. The van der Waals surface area contributed by atoms with E-state index in [9.17, 15) is 9.59 Å². The normalized spacial score (nSPS) is 15.6. The summed E-state index contributed by atoms with van der Waals surface area (Å²) in [7, 11) is 3.12. The molecule has 1 aliphatic heterocycles. The van der Waals surface area contributed by atoms with Crippen LogP contribution in [0.2, 0.25) is 0 Å². The van der Waals surface area contributed by atoms with Crippen molar-refractivity contribution in [2.24, 2.45) is 16.6 Å². The van der Waals surface area contributed by atoms with Gasteiger partial charge in [0.1, 0.15) is 5.76 Å². The third-order valence-electron chi connectivity index (χ3n) is 3.87. The lowest BCUT2D eigenvalue weighted by Gasteiger charge is -2.33. The van der Waals surface area contributed by atoms with E-state index in [4.69, 9.17) is 14.9 Å². The van der Waals surface area contributed by atoms with E-state index in [1.54, 1.807) is 19.2 Å². The van der Waals surface area contributed by atoms with Crippen molar-refractivity contribution in [3.05, 3.63) is 23.7 Å². The molecular weight excluding hydrogens is 427 g/mol. The maximum atomic E-state index is 11.5. The number of furan rings is 1. The Kier molecular flexibility index (Phi) is 8.02. The number of nitrogens with one attached hydrogen (secondary N) is 1. The van der Waals surface area contributed by atoms with Crippen LogP contribution in [0, 0.1) is 5.92 Å². The first-order valence-corrected chi connectivity index (χ1v) is 7.47. The van der Waals surface area contributed by atoms with E-state index in [-0.39, 0.29) is 41.6 Å². The summed E-state index contributed by atoms with van der Waals surface area (Å²) in [6, 6.07) is 3.24. The average Bonchev–Trinajstić information content (AvgIpc) is 3.04. The number of guanidine groups is 1. The second-order valence-electron chi connectivity index (χ2n) is 5.32. The van der Waals surface area contributed by atoms with E-state index in [2.05, 4.69) is 15.2 Å². The van der Waals surface area contributed by atoms with Gasteiger partial charge in [-0.05, 0) is 25.0 Å². The highest BCUT2D eigenvalue weighted by atomic mass is 127. The number of nitrogens with zero attached hydrogens (tertiary/aromatic N) is 2. The average molecular weight is 450 g/mol. The number of likely N-dealkylation sites (tertiary alicyclic amines) is 1. The number of piperidine rings is 1. The van der Waals surface area contributed by atoms with Gasteiger partial charge >= 0.3 is 5.97 Å². The Balaban J connectivity index is 0.00000288. The van der Waals surface area contributed by atoms with Crippen molar-refractivity contribution in [2.75, 3.05) is 27.2 Å². The van der Waals surface area contributed by atoms with Gasteiger partial charge in [-0.3, -0.25) is 14.6 Å². The molecule has 1 aliphatic rings. The van der Waals surface area contributed by atoms with Gasteiger partial charge in [-0.25, -0.2) is 0 Å². The minimum absolute atomic E-state index is 0. The zero-order valence-electron chi connectivity index (χ0n) is 13.8. The molecule has 9 heteroatoms. The Hall–Kier alpha value is -1.78. The third-order valence-corrected chi connectivity index (χ3v) is 3.87. The van der Waals surface area contributed by atoms with E-state index in [0.29, 0.717) is 12.3 Å². The summed E-state index contributed by atoms with van der Waals surface area (Å²) in [5.74, 6) is 0.677. The SMILES string of the molecule is CN=C(NCc1ccc(C(N)=O)o1)N1CCC(C(=O)OC)CC1.I. The lowest BCUT2D eigenvalue weighted by atomic mass is 9.97. The Bertz CT molecular complexity index is 594. The fourth-order valence-corrected chi connectivity index (χ4v) is 2.60. The molecule has 1 aromatic heterocycles. The molecule has 2 heterocycles. The number of hydrogen-bond acceptors (Lipinski definition) is 5. The number of carbonyl (C=O) groups is 2. The predicted molar refractivity (Wildman–Crippen MR) is 99.2 cm³/mol. The summed E-state index contributed by atoms with van der Waals surface area (Å²) in [4.78, 5) is 28.9. The Morgan fingerprint density at radius 2 is 2.08 bits per heavy atom. The number of nitrogens with two attached hydrogens (primary N) is 1. The molecule has 1 saturated heterocycles. The molecule has 0 aromatic carbocycles. The van der Waals surface area contributed by atoms with E-state index >= 15 is 0 Å². The Labute approximate surface area is 157 Å². The van der Waals surface area contributed by atoms with Crippen LogP contribution in [0.3, 0.4) is 0 Å². The number of aliphatic imine (C=N–C) groups is 1. The number of ether oxygens (including phenoxy) is 1. The first-order chi connectivity index (χ1) is 11.0. The summed E-state index contributed by atoms with van der Waals surface area (Å²) < 4.78 is 10.1. The summed E-state index contributed by atoms with van der Waals surface area (Å²) in [5.41, 5.74) is 5.15. The van der Waals surface area contributed by atoms with Crippen molar-refractivity contribution in [3.8, 4) is 0 Å². The van der Waals surface area contributed by atoms with Crippen LogP contribution in [-0.2, 0) is 16.1 Å². The Morgan fingerprint density at radius 3 is 2.58 bits per heavy atom. The van der Waals surface area contributed by atoms with Crippen molar-refractivity contribution < 1.29 is 18.7 Å². The molecule has 0 unspecified atom stereocenters. The van der Waals surface area contributed by atoms with E-state index in [1.165, 1.54) is 7.11 Å². The number of halogens is 1. The second kappa shape index (κ2) is 9.50. The quantitative estimate of drug-likeness (QED) is 0.306. The summed E-state index contributed by atoms with van der Waals surface area (Å²) in [6.45, 7) is 1.85. The van der Waals surface area contributed by atoms with Crippen molar-refractivity contribution >= 4 is 41.8 Å². The molecule has 0 spiro atoms. The molecule has 0 aliphatic carbocycles. The van der Waals surface area contributed by atoms with Crippen molar-refractivity contribution in [1.29, 1.82) is 0 Å². The molecule has 3 N–H and O–H groups in total. The molecule has 8 nitrogen and oxygen atoms in total. The lowest BCUT2D eigenvalue weighted by Crippen LogP contribution is -2.46. The molecule has 0 saturated carbocycles. The van der Waals surface area contributed by atoms with Crippen LogP contribution in [0.15, 0.2) is 21.5 Å². The van der Waals surface area contributed by atoms with Gasteiger partial charge in [-0.2, -0.15) is 0 Å². The maximum Gasteiger partial charge on any atom is 0.308 e. The topological polar surface area (TPSA) is 110 Å². The van der Waals surface area contributed by atoms with Gasteiger partial charge in [0.2, 0.25) is 0 Å². The highest BCUT2D eigenvalue weighted by Crippen LogP contribution is 2.18. The van der Waals surface area contributed by atoms with Crippen LogP contribution in [0.25, 0.3) is 0 Å². The minimum atomic E-state index is -0.592. The number of amides is 1. The molecule has 2 rings (SSSR count). The number of rotatable bonds is 4. The maximum absolute atomic E-state index is 11.5. The van der Waals surface area contributed by atoms with Crippen molar-refractivity contribution in [1.82, 2.24) is 10.2 Å². The predicted octanol–water partition coefficient (Wildman–Crippen LogP) is 0.957. The van der Waals surface area contributed by atoms with Gasteiger partial charge < -0.3 is 25.1 Å². The molecule has 24 heavy (non-hydrogen) atoms. The highest BCUT2D eigenvalue weighted by Gasteiger charge is 2.27. The molecule has 0 atom stereocenters. The van der Waals surface area contributed by atoms with E-state index in [1.807, 2.05) is 0 Å². The fraction of sp³-hybridized carbons (Fsp3) is 0.533. The van der Waals surface area contributed by atoms with Gasteiger partial charge in [0, 0.05) is 20.1 Å². The van der Waals surface area contributed by atoms with Crippen molar-refractivity contribution in [3.63, 3.8) is 0 Å². The monoisotopic (exact) mass is 450 g/mol. The highest BCUT2D eigenvalue weighted by molar-refractivity contribution is 14.0. The standard InChI is InChI=1S/C15H22N4O4.HI/c1-17-15(18-9-11-3-4-12(23-11)13(16)20)19-7-5-10(6-8-19)14(21)22-2;/h3-4,10H,5-9H2,1-2H3,(H2,16,20)(H,17,18);1H. The molecule has 1 amide bonds. The third kappa shape index (κ3) is 5.11. The first kappa shape index (κ1) is 20.3. The number of carbonyl (C=O) groups excluding carboxylic acids is 2. The summed E-state index contributed by atoms with van der Waals surface area (Å²) in [5, 5.41) is 3.18. The minimum Gasteiger partial charge on any atom is -0.469 e. The zero-order valence-corrected chi connectivity index (χ0v) is 16.1. The first-order valence-electron chi connectivity index (χ1n) is 7.47. The van der Waals surface area contributed by atoms with E-state index < -0.39 is 5.91 Å². The van der Waals surface area contributed by atoms with Gasteiger partial charge in [-0.15, -0.1) is 24.0 Å². The number of hydrogen-bond donors (Lipinski definition) is 2. The van der Waals surface area contributed by atoms with Crippen LogP contribution < -0.4 is 11.1 Å². The molecule has 134 valence electrons. The van der Waals surface area contributed by atoms with Crippen LogP contribution in [0.5, 0.6) is 0 Å². The van der Waals surface area contributed by atoms with Gasteiger partial charge in [0.15, 0.2) is 11.7 Å². The van der Waals surface area contributed by atoms with Gasteiger partial charge in [0.05, 0.1) is 19.6 Å². The van der Waals surface area contributed by atoms with Gasteiger partial charge in [0.25, 0.3) is 5.91 Å². The summed E-state index contributed by atoms with van der Waals surface area (Å²) in [6.07, 6.45) is 1.47. The van der Waals surface area contributed by atoms with Crippen LogP contribution >= 0.6 is 24.0 Å². The molecule has 0 radical (unpaired) electrons. The van der Waals surface area contributed by atoms with Crippen LogP contribution in [0.1, 0.15) is 29.2 Å². The molecule has 1 aromatic rings. The van der Waals surface area contributed by atoms with Crippen molar-refractivity contribution in [2.45, 2.75) is 19.4 Å². The van der Waals surface area contributed by atoms with E-state index in [0.717, 1.165) is 31.9 Å². The Morgan fingerprint density at radius 1 is 1.42 bits per heavy atom. The second-order valence-corrected chi connectivity index (χ2v) is 5.32. The molecular formula is C15H23IN4O4.